The molecule has 0 fully saturated rings. The number of ether oxygens (including phenoxy) is 2. The van der Waals surface area contributed by atoms with Crippen LogP contribution in [0.5, 0.6) is 0 Å². The Morgan fingerprint density at radius 1 is 0.508 bits per heavy atom. The topological polar surface area (TPSA) is 112 Å². The van der Waals surface area contributed by atoms with Gasteiger partial charge in [-0.2, -0.15) is 0 Å². The monoisotopic (exact) mass is 904 g/mol. The summed E-state index contributed by atoms with van der Waals surface area (Å²) in [4.78, 5) is 37.2. The average molecular weight is 904 g/mol. The molecular weight excluding hydrogens is 810 g/mol. The molecule has 2 atom stereocenters. The standard InChI is InChI=1S/C53H94NO8P/c1-5-7-9-11-13-15-17-19-21-23-25-26-28-29-31-33-35-37-39-41-43-45-52(55)59-49-51(50-61-63(57,58)60-48-47-54(3)4)62-53(56)46-44-42-40-38-36-34-32-30-27-24-22-20-18-16-14-12-10-8-6-2/h8,10,14,16,19-22,27,30,34,36,51H,5-7,9,11-13,15,17-18,23-26,28-29,31-33,35,37-50H2,1-4H3,(H,57,58)/b10-8-,16-14-,21-19-,22-20-,30-27-,36-34-. The largest absolute Gasteiger partial charge is 0.472 e. The summed E-state index contributed by atoms with van der Waals surface area (Å²) in [7, 11) is -0.737. The van der Waals surface area contributed by atoms with Gasteiger partial charge in [0.2, 0.25) is 0 Å². The molecular formula is C53H94NO8P. The highest BCUT2D eigenvalue weighted by Gasteiger charge is 2.26. The van der Waals surface area contributed by atoms with Gasteiger partial charge in [0.05, 0.1) is 13.2 Å². The summed E-state index contributed by atoms with van der Waals surface area (Å²) in [5.41, 5.74) is 0. The molecule has 0 amide bonds. The van der Waals surface area contributed by atoms with Gasteiger partial charge in [-0.15, -0.1) is 0 Å². The van der Waals surface area contributed by atoms with Crippen LogP contribution in [-0.4, -0.2) is 68.3 Å². The molecule has 0 aliphatic carbocycles. The van der Waals surface area contributed by atoms with Gasteiger partial charge < -0.3 is 19.3 Å². The van der Waals surface area contributed by atoms with Crippen LogP contribution < -0.4 is 0 Å². The van der Waals surface area contributed by atoms with Gasteiger partial charge in [0.25, 0.3) is 0 Å². The van der Waals surface area contributed by atoms with E-state index >= 15 is 0 Å². The lowest BCUT2D eigenvalue weighted by atomic mass is 10.0. The van der Waals surface area contributed by atoms with Crippen molar-refractivity contribution < 1.29 is 37.6 Å². The fourth-order valence-corrected chi connectivity index (χ4v) is 7.39. The number of phosphoric ester groups is 1. The summed E-state index contributed by atoms with van der Waals surface area (Å²) in [5.74, 6) is -0.841. The van der Waals surface area contributed by atoms with Gasteiger partial charge in [0.15, 0.2) is 6.10 Å². The van der Waals surface area contributed by atoms with Crippen molar-refractivity contribution in [2.45, 2.75) is 213 Å². The van der Waals surface area contributed by atoms with Gasteiger partial charge in [-0.1, -0.05) is 183 Å². The first-order valence-electron chi connectivity index (χ1n) is 25.2. The molecule has 0 bridgehead atoms. The summed E-state index contributed by atoms with van der Waals surface area (Å²) >= 11 is 0. The van der Waals surface area contributed by atoms with Crippen LogP contribution in [-0.2, 0) is 32.7 Å². The van der Waals surface area contributed by atoms with Gasteiger partial charge in [-0.3, -0.25) is 18.6 Å². The lowest BCUT2D eigenvalue weighted by Gasteiger charge is -2.20. The summed E-state index contributed by atoms with van der Waals surface area (Å²) in [6.07, 6.45) is 58.1. The third kappa shape index (κ3) is 48.7. The Bertz CT molecular complexity index is 1270. The number of esters is 2. The highest BCUT2D eigenvalue weighted by molar-refractivity contribution is 7.47. The number of hydrogen-bond donors (Lipinski definition) is 1. The molecule has 1 N–H and O–H groups in total. The Labute approximate surface area is 386 Å². The van der Waals surface area contributed by atoms with Gasteiger partial charge >= 0.3 is 19.8 Å². The van der Waals surface area contributed by atoms with E-state index in [1.807, 2.05) is 19.0 Å². The van der Waals surface area contributed by atoms with E-state index in [1.54, 1.807) is 0 Å². The van der Waals surface area contributed by atoms with Crippen LogP contribution in [0.1, 0.15) is 206 Å². The number of carbonyl (C=O) groups excluding carboxylic acids is 2. The zero-order chi connectivity index (χ0) is 46.2. The summed E-state index contributed by atoms with van der Waals surface area (Å²) in [6, 6.07) is 0. The number of allylic oxidation sites excluding steroid dienone is 12. The normalized spacial score (nSPS) is 13.9. The molecule has 10 heteroatoms. The first-order valence-corrected chi connectivity index (χ1v) is 26.7. The van der Waals surface area contributed by atoms with Crippen molar-refractivity contribution in [1.82, 2.24) is 4.90 Å². The third-order valence-electron chi connectivity index (χ3n) is 10.5. The van der Waals surface area contributed by atoms with Gasteiger partial charge in [0, 0.05) is 19.4 Å². The molecule has 9 nitrogen and oxygen atoms in total. The van der Waals surface area contributed by atoms with E-state index in [9.17, 15) is 19.0 Å². The molecule has 0 saturated heterocycles. The van der Waals surface area contributed by atoms with E-state index in [2.05, 4.69) is 86.8 Å². The van der Waals surface area contributed by atoms with E-state index in [0.717, 1.165) is 70.6 Å². The number of hydrogen-bond acceptors (Lipinski definition) is 8. The fraction of sp³-hybridized carbons (Fsp3) is 0.736. The Morgan fingerprint density at radius 3 is 1.38 bits per heavy atom. The van der Waals surface area contributed by atoms with Crippen LogP contribution in [0.15, 0.2) is 72.9 Å². The zero-order valence-corrected chi connectivity index (χ0v) is 41.6. The first-order chi connectivity index (χ1) is 30.7. The van der Waals surface area contributed by atoms with Crippen LogP contribution in [0.3, 0.4) is 0 Å². The molecule has 0 aromatic rings. The minimum Gasteiger partial charge on any atom is -0.462 e. The van der Waals surface area contributed by atoms with E-state index < -0.39 is 26.5 Å². The molecule has 0 aliphatic rings. The first kappa shape index (κ1) is 60.5. The quantitative estimate of drug-likeness (QED) is 0.0276. The molecule has 2 unspecified atom stereocenters. The number of likely N-dealkylation sites (N-methyl/N-ethyl adjacent to an activating group) is 1. The summed E-state index contributed by atoms with van der Waals surface area (Å²) in [6.45, 7) is 4.18. The van der Waals surface area contributed by atoms with Crippen LogP contribution in [0.2, 0.25) is 0 Å². The second-order valence-corrected chi connectivity index (χ2v) is 18.4. The predicted octanol–water partition coefficient (Wildman–Crippen LogP) is 15.2. The van der Waals surface area contributed by atoms with Crippen molar-refractivity contribution in [2.24, 2.45) is 0 Å². The second-order valence-electron chi connectivity index (χ2n) is 17.0. The van der Waals surface area contributed by atoms with Crippen molar-refractivity contribution in [3.63, 3.8) is 0 Å². The average Bonchev–Trinajstić information content (AvgIpc) is 3.25. The Morgan fingerprint density at radius 2 is 0.905 bits per heavy atom. The molecule has 0 aromatic heterocycles. The lowest BCUT2D eigenvalue weighted by molar-refractivity contribution is -0.161. The molecule has 0 saturated carbocycles. The number of nitrogens with zero attached hydrogens (tertiary/aromatic N) is 1. The van der Waals surface area contributed by atoms with Gasteiger partial charge in [0.1, 0.15) is 6.61 Å². The highest BCUT2D eigenvalue weighted by atomic mass is 31.2. The van der Waals surface area contributed by atoms with Crippen LogP contribution in [0.25, 0.3) is 0 Å². The molecule has 0 spiro atoms. The fourth-order valence-electron chi connectivity index (χ4n) is 6.65. The highest BCUT2D eigenvalue weighted by Crippen LogP contribution is 2.43. The number of carbonyl (C=O) groups is 2. The van der Waals surface area contributed by atoms with Crippen molar-refractivity contribution in [1.29, 1.82) is 0 Å². The maximum Gasteiger partial charge on any atom is 0.472 e. The molecule has 0 aliphatic heterocycles. The summed E-state index contributed by atoms with van der Waals surface area (Å²) < 4.78 is 33.6. The van der Waals surface area contributed by atoms with Gasteiger partial charge in [-0.05, 0) is 97.6 Å². The lowest BCUT2D eigenvalue weighted by Crippen LogP contribution is -2.29. The van der Waals surface area contributed by atoms with E-state index in [1.165, 1.54) is 103 Å². The van der Waals surface area contributed by atoms with E-state index in [-0.39, 0.29) is 32.0 Å². The SMILES string of the molecule is CC/C=C\C/C=C\C/C=C\C/C=C\C/C=C\CCCCCC(=O)OC(COC(=O)CCCCCCCCCCCCC/C=C\CCCCCCCC)COP(=O)(O)OCCN(C)C. The molecule has 63 heavy (non-hydrogen) atoms. The third-order valence-corrected chi connectivity index (χ3v) is 11.5. The minimum atomic E-state index is -4.38. The Balaban J connectivity index is 4.25. The summed E-state index contributed by atoms with van der Waals surface area (Å²) in [5, 5.41) is 0. The second kappa shape index (κ2) is 47.4. The maximum absolute atomic E-state index is 12.7. The van der Waals surface area contributed by atoms with Crippen molar-refractivity contribution in [3.8, 4) is 0 Å². The molecule has 364 valence electrons. The Kier molecular flexibility index (Phi) is 45.5. The number of phosphoric acid groups is 1. The van der Waals surface area contributed by atoms with E-state index in [4.69, 9.17) is 18.5 Å². The molecule has 0 aromatic carbocycles. The molecule has 0 rings (SSSR count). The smallest absolute Gasteiger partial charge is 0.462 e. The molecule has 0 radical (unpaired) electrons. The van der Waals surface area contributed by atoms with Crippen LogP contribution >= 0.6 is 7.82 Å². The van der Waals surface area contributed by atoms with Gasteiger partial charge in [-0.25, -0.2) is 4.57 Å². The minimum absolute atomic E-state index is 0.00246. The van der Waals surface area contributed by atoms with Crippen molar-refractivity contribution in [2.75, 3.05) is 40.5 Å². The van der Waals surface area contributed by atoms with Crippen LogP contribution in [0.4, 0.5) is 0 Å². The zero-order valence-electron chi connectivity index (χ0n) is 40.7. The number of unbranched alkanes of at least 4 members (excludes halogenated alkanes) is 20. The predicted molar refractivity (Wildman–Crippen MR) is 266 cm³/mol. The van der Waals surface area contributed by atoms with Crippen LogP contribution in [0, 0.1) is 0 Å². The van der Waals surface area contributed by atoms with Crippen molar-refractivity contribution in [3.05, 3.63) is 72.9 Å². The van der Waals surface area contributed by atoms with E-state index in [0.29, 0.717) is 13.0 Å². The maximum atomic E-state index is 12.7. The molecule has 0 heterocycles. The number of rotatable bonds is 46. The van der Waals surface area contributed by atoms with Crippen molar-refractivity contribution >= 4 is 19.8 Å². The Hall–Kier alpha value is -2.55.